The fourth-order valence-electron chi connectivity index (χ4n) is 5.19. The van der Waals surface area contributed by atoms with Gasteiger partial charge < -0.3 is 25.7 Å². The predicted octanol–water partition coefficient (Wildman–Crippen LogP) is 8.67. The van der Waals surface area contributed by atoms with Gasteiger partial charge in [-0.05, 0) is 89.7 Å². The lowest BCUT2D eigenvalue weighted by atomic mass is 10.1. The number of hydrogen-bond donors (Lipinski definition) is 4. The predicted molar refractivity (Wildman–Crippen MR) is 201 cm³/mol. The summed E-state index contributed by atoms with van der Waals surface area (Å²) < 4.78 is 5.91. The van der Waals surface area contributed by atoms with Gasteiger partial charge in [-0.15, -0.1) is 11.8 Å². The molecule has 6 rings (SSSR count). The maximum absolute atomic E-state index is 13.7. The molecule has 0 spiro atoms. The second-order valence-corrected chi connectivity index (χ2v) is 12.8. The molecule has 0 aliphatic rings. The summed E-state index contributed by atoms with van der Waals surface area (Å²) >= 11 is 1.42. The maximum Gasteiger partial charge on any atom is 0.272 e. The third-order valence-electron chi connectivity index (χ3n) is 7.82. The van der Waals surface area contributed by atoms with Crippen LogP contribution in [0.1, 0.15) is 34.8 Å². The average molecular weight is 681 g/mol. The van der Waals surface area contributed by atoms with Gasteiger partial charge >= 0.3 is 0 Å². The topological polar surface area (TPSA) is 112 Å². The number of H-pyrrole nitrogens is 1. The first kappa shape index (κ1) is 33.8. The summed E-state index contributed by atoms with van der Waals surface area (Å²) in [5.41, 5.74) is 4.44. The Balaban J connectivity index is 1.15. The Morgan fingerprint density at radius 3 is 2.28 bits per heavy atom. The number of aromatic amines is 1. The van der Waals surface area contributed by atoms with Crippen LogP contribution in [0, 0.1) is 0 Å². The third-order valence-corrected chi connectivity index (χ3v) is 9.18. The third kappa shape index (κ3) is 9.09. The van der Waals surface area contributed by atoms with Gasteiger partial charge in [-0.25, -0.2) is 0 Å². The van der Waals surface area contributed by atoms with Crippen LogP contribution in [0.3, 0.4) is 0 Å². The summed E-state index contributed by atoms with van der Waals surface area (Å²) in [6, 6.07) is 40.9. The molecule has 6 aromatic rings. The van der Waals surface area contributed by atoms with Crippen molar-refractivity contribution in [2.45, 2.75) is 30.1 Å². The van der Waals surface area contributed by atoms with E-state index in [9.17, 15) is 14.4 Å². The SMILES string of the molecule is CCC(Sc1cccc(NC(=O)/C(=C/c2ccc(OCc3ccccc3)cc2)NC(=O)c2ccccc2)c1)C(=O)Nc1ccc2cc[nH]c2c1. The minimum atomic E-state index is -0.495. The second kappa shape index (κ2) is 16.4. The van der Waals surface area contributed by atoms with E-state index in [2.05, 4.69) is 20.9 Å². The van der Waals surface area contributed by atoms with Gasteiger partial charge in [-0.3, -0.25) is 14.4 Å². The van der Waals surface area contributed by atoms with Gasteiger partial charge in [-0.2, -0.15) is 0 Å². The largest absolute Gasteiger partial charge is 0.489 e. The van der Waals surface area contributed by atoms with Gasteiger partial charge in [0.1, 0.15) is 18.1 Å². The standard InChI is InChI=1S/C41H36N4O4S/c1-2-38(41(48)44-33-19-18-30-22-23-42-36(30)26-33)50-35-15-9-14-32(25-35)43-40(47)37(45-39(46)31-12-7-4-8-13-31)24-28-16-20-34(21-17-28)49-27-29-10-5-3-6-11-29/h3-26,38,42H,2,27H2,1H3,(H,43,47)(H,44,48)(H,45,46)/b37-24-. The molecule has 5 aromatic carbocycles. The van der Waals surface area contributed by atoms with Gasteiger partial charge in [0.2, 0.25) is 5.91 Å². The monoisotopic (exact) mass is 680 g/mol. The minimum Gasteiger partial charge on any atom is -0.489 e. The molecule has 3 amide bonds. The Bertz CT molecular complexity index is 2110. The zero-order valence-electron chi connectivity index (χ0n) is 27.4. The molecule has 1 atom stereocenters. The Morgan fingerprint density at radius 2 is 1.52 bits per heavy atom. The first-order chi connectivity index (χ1) is 24.4. The molecule has 0 fully saturated rings. The highest BCUT2D eigenvalue weighted by molar-refractivity contribution is 8.00. The van der Waals surface area contributed by atoms with Crippen LogP contribution in [0.25, 0.3) is 17.0 Å². The fraction of sp³-hybridized carbons (Fsp3) is 0.0976. The number of carbonyl (C=O) groups is 3. The second-order valence-electron chi connectivity index (χ2n) is 11.5. The van der Waals surface area contributed by atoms with E-state index in [1.165, 1.54) is 11.8 Å². The number of ether oxygens (including phenoxy) is 1. The quantitative estimate of drug-likeness (QED) is 0.0721. The van der Waals surface area contributed by atoms with Crippen molar-refractivity contribution in [3.63, 3.8) is 0 Å². The number of thioether (sulfide) groups is 1. The van der Waals surface area contributed by atoms with Crippen molar-refractivity contribution in [1.29, 1.82) is 0 Å². The lowest BCUT2D eigenvalue weighted by Gasteiger charge is -2.16. The zero-order valence-corrected chi connectivity index (χ0v) is 28.2. The molecule has 0 bridgehead atoms. The molecule has 8 nitrogen and oxygen atoms in total. The van der Waals surface area contributed by atoms with E-state index in [1.54, 1.807) is 36.4 Å². The van der Waals surface area contributed by atoms with Gasteiger partial charge in [0.05, 0.1) is 5.25 Å². The molecule has 0 saturated heterocycles. The highest BCUT2D eigenvalue weighted by Crippen LogP contribution is 2.29. The number of fused-ring (bicyclic) bond motifs is 1. The lowest BCUT2D eigenvalue weighted by molar-refractivity contribution is -0.116. The van der Waals surface area contributed by atoms with Crippen LogP contribution >= 0.6 is 11.8 Å². The Morgan fingerprint density at radius 1 is 0.780 bits per heavy atom. The first-order valence-corrected chi connectivity index (χ1v) is 17.1. The Hall–Kier alpha value is -6.06. The lowest BCUT2D eigenvalue weighted by Crippen LogP contribution is -2.30. The molecular formula is C41H36N4O4S. The number of hydrogen-bond acceptors (Lipinski definition) is 5. The molecule has 50 heavy (non-hydrogen) atoms. The number of rotatable bonds is 13. The van der Waals surface area contributed by atoms with E-state index in [0.717, 1.165) is 27.0 Å². The van der Waals surface area contributed by atoms with E-state index < -0.39 is 11.8 Å². The summed E-state index contributed by atoms with van der Waals surface area (Å²) in [7, 11) is 0. The summed E-state index contributed by atoms with van der Waals surface area (Å²) in [4.78, 5) is 44.0. The van der Waals surface area contributed by atoms with Gasteiger partial charge in [0, 0.05) is 33.5 Å². The van der Waals surface area contributed by atoms with E-state index in [4.69, 9.17) is 4.74 Å². The summed E-state index contributed by atoms with van der Waals surface area (Å²) in [6.45, 7) is 2.40. The molecule has 4 N–H and O–H groups in total. The molecular weight excluding hydrogens is 645 g/mol. The van der Waals surface area contributed by atoms with E-state index in [0.29, 0.717) is 35.6 Å². The molecule has 0 radical (unpaired) electrons. The molecule has 1 unspecified atom stereocenters. The number of aromatic nitrogens is 1. The number of amides is 3. The van der Waals surface area contributed by atoms with Crippen molar-refractivity contribution in [3.8, 4) is 5.75 Å². The van der Waals surface area contributed by atoms with Crippen molar-refractivity contribution in [3.05, 3.63) is 162 Å². The smallest absolute Gasteiger partial charge is 0.272 e. The average Bonchev–Trinajstić information content (AvgIpc) is 3.62. The Labute approximate surface area is 295 Å². The molecule has 0 saturated carbocycles. The number of carbonyl (C=O) groups excluding carboxylic acids is 3. The zero-order chi connectivity index (χ0) is 34.7. The number of anilines is 2. The minimum absolute atomic E-state index is 0.0692. The van der Waals surface area contributed by atoms with Crippen LogP contribution in [-0.4, -0.2) is 28.0 Å². The van der Waals surface area contributed by atoms with Crippen LogP contribution in [0.2, 0.25) is 0 Å². The molecule has 0 aliphatic heterocycles. The van der Waals surface area contributed by atoms with E-state index in [1.807, 2.05) is 116 Å². The van der Waals surface area contributed by atoms with Crippen molar-refractivity contribution in [1.82, 2.24) is 10.3 Å². The number of nitrogens with one attached hydrogen (secondary N) is 4. The van der Waals surface area contributed by atoms with Crippen LogP contribution in [-0.2, 0) is 16.2 Å². The van der Waals surface area contributed by atoms with E-state index >= 15 is 0 Å². The van der Waals surface area contributed by atoms with E-state index in [-0.39, 0.29) is 16.9 Å². The van der Waals surface area contributed by atoms with Crippen molar-refractivity contribution in [2.24, 2.45) is 0 Å². The normalized spacial score (nSPS) is 11.8. The highest BCUT2D eigenvalue weighted by atomic mass is 32.2. The highest BCUT2D eigenvalue weighted by Gasteiger charge is 2.20. The maximum atomic E-state index is 13.7. The van der Waals surface area contributed by atoms with Gasteiger partial charge in [0.15, 0.2) is 0 Å². The number of benzene rings is 5. The fourth-order valence-corrected chi connectivity index (χ4v) is 6.20. The van der Waals surface area contributed by atoms with Crippen LogP contribution in [0.5, 0.6) is 5.75 Å². The molecule has 1 aromatic heterocycles. The van der Waals surface area contributed by atoms with Crippen LogP contribution in [0.4, 0.5) is 11.4 Å². The van der Waals surface area contributed by atoms with Crippen molar-refractivity contribution in [2.75, 3.05) is 10.6 Å². The van der Waals surface area contributed by atoms with Crippen molar-refractivity contribution >= 4 is 57.8 Å². The van der Waals surface area contributed by atoms with Crippen LogP contribution < -0.4 is 20.7 Å². The summed E-state index contributed by atoms with van der Waals surface area (Å²) in [5.74, 6) is -0.333. The molecule has 1 heterocycles. The van der Waals surface area contributed by atoms with Crippen molar-refractivity contribution < 1.29 is 19.1 Å². The Kier molecular flexibility index (Phi) is 11.1. The first-order valence-electron chi connectivity index (χ1n) is 16.2. The van der Waals surface area contributed by atoms with Crippen LogP contribution in [0.15, 0.2) is 150 Å². The molecule has 9 heteroatoms. The molecule has 0 aliphatic carbocycles. The van der Waals surface area contributed by atoms with Gasteiger partial charge in [0.25, 0.3) is 11.8 Å². The molecule has 250 valence electrons. The van der Waals surface area contributed by atoms with Gasteiger partial charge in [-0.1, -0.05) is 79.7 Å². The summed E-state index contributed by atoms with van der Waals surface area (Å²) in [5, 5.41) is 9.44. The summed E-state index contributed by atoms with van der Waals surface area (Å²) in [6.07, 6.45) is 4.09.